The molecule has 11 nitrogen and oxygen atoms in total. The maximum atomic E-state index is 13.2. The van der Waals surface area contributed by atoms with E-state index in [1.54, 1.807) is 52.0 Å². The molecule has 0 unspecified atom stereocenters. The van der Waals surface area contributed by atoms with E-state index in [0.29, 0.717) is 0 Å². The molecule has 0 bridgehead atoms. The number of amides is 1. The average Bonchev–Trinajstić information content (AvgIpc) is 3.03. The van der Waals surface area contributed by atoms with E-state index in [1.165, 1.54) is 0 Å². The smallest absolute Gasteiger partial charge is 0.306 e. The van der Waals surface area contributed by atoms with Gasteiger partial charge in [0.25, 0.3) is 5.91 Å². The molecule has 1 saturated heterocycles. The van der Waals surface area contributed by atoms with Gasteiger partial charge in [0.2, 0.25) is 6.29 Å². The Morgan fingerprint density at radius 2 is 1.29 bits per heavy atom. The molecule has 1 amide bonds. The molecule has 1 aliphatic heterocycles. The number of rotatable bonds is 14. The largest absolute Gasteiger partial charge is 0.455 e. The molecule has 0 radical (unpaired) electrons. The van der Waals surface area contributed by atoms with E-state index in [9.17, 15) is 24.0 Å². The van der Waals surface area contributed by atoms with Gasteiger partial charge in [-0.2, -0.15) is 0 Å². The Labute approximate surface area is 263 Å². The second-order valence-corrected chi connectivity index (χ2v) is 11.2. The van der Waals surface area contributed by atoms with Gasteiger partial charge in [0.05, 0.1) is 6.10 Å². The van der Waals surface area contributed by atoms with Crippen LogP contribution >= 0.6 is 0 Å². The zero-order valence-corrected chi connectivity index (χ0v) is 26.6. The minimum atomic E-state index is -1.39. The fraction of sp³-hybridized carbons (Fsp3) is 0.500. The Hall–Kier alpha value is -4.09. The van der Waals surface area contributed by atoms with Gasteiger partial charge in [-0.05, 0) is 36.1 Å². The highest BCUT2D eigenvalue weighted by Crippen LogP contribution is 2.30. The number of nitrogens with one attached hydrogen (secondary N) is 1. The number of benzene rings is 2. The molecule has 6 atom stereocenters. The third-order valence-electron chi connectivity index (χ3n) is 7.43. The van der Waals surface area contributed by atoms with Gasteiger partial charge >= 0.3 is 17.9 Å². The van der Waals surface area contributed by atoms with Crippen LogP contribution in [0.15, 0.2) is 54.6 Å². The maximum Gasteiger partial charge on any atom is 0.306 e. The molecule has 1 heterocycles. The highest BCUT2D eigenvalue weighted by molar-refractivity contribution is 5.94. The number of carbonyl (C=O) groups is 5. The first-order valence-corrected chi connectivity index (χ1v) is 15.3. The summed E-state index contributed by atoms with van der Waals surface area (Å²) in [5, 5.41) is 0. The van der Waals surface area contributed by atoms with Crippen LogP contribution in [-0.4, -0.2) is 60.3 Å². The molecule has 1 fully saturated rings. The highest BCUT2D eigenvalue weighted by Gasteiger charge is 2.51. The monoisotopic (exact) mass is 625 g/mol. The van der Waals surface area contributed by atoms with E-state index in [2.05, 4.69) is 5.48 Å². The van der Waals surface area contributed by atoms with E-state index in [0.717, 1.165) is 11.1 Å². The van der Waals surface area contributed by atoms with Gasteiger partial charge in [-0.25, -0.2) is 10.3 Å². The first kappa shape index (κ1) is 35.4. The van der Waals surface area contributed by atoms with Crippen LogP contribution in [0.4, 0.5) is 0 Å². The quantitative estimate of drug-likeness (QED) is 0.180. The predicted molar refractivity (Wildman–Crippen MR) is 163 cm³/mol. The van der Waals surface area contributed by atoms with Gasteiger partial charge in [-0.1, -0.05) is 77.1 Å². The van der Waals surface area contributed by atoms with E-state index < -0.39 is 54.5 Å². The summed E-state index contributed by atoms with van der Waals surface area (Å²) in [5.41, 5.74) is 4.27. The first-order valence-electron chi connectivity index (χ1n) is 15.3. The molecule has 45 heavy (non-hydrogen) atoms. The van der Waals surface area contributed by atoms with Crippen molar-refractivity contribution in [2.24, 2.45) is 5.92 Å². The molecule has 2 aromatic carbocycles. The number of ether oxygens (including phenoxy) is 4. The SMILES string of the molecule is CCC(=O)O[C@H]1[C@H](OC(=O)CC)[C@H](ONC(=O)c2ccc(CC(=O)[C@H](c3ccccc3)C(C)C)cc2)O[C@@H](C)[C@H]1OC(=O)CC. The summed E-state index contributed by atoms with van der Waals surface area (Å²) < 4.78 is 22.4. The lowest BCUT2D eigenvalue weighted by molar-refractivity contribution is -0.310. The molecule has 0 saturated carbocycles. The molecule has 0 aliphatic carbocycles. The van der Waals surface area contributed by atoms with Crippen LogP contribution in [0, 0.1) is 5.92 Å². The van der Waals surface area contributed by atoms with Crippen molar-refractivity contribution < 1.29 is 47.8 Å². The van der Waals surface area contributed by atoms with E-state index >= 15 is 0 Å². The molecule has 2 aromatic rings. The Morgan fingerprint density at radius 1 is 0.756 bits per heavy atom. The number of hydrogen-bond acceptors (Lipinski definition) is 10. The highest BCUT2D eigenvalue weighted by atomic mass is 16.8. The summed E-state index contributed by atoms with van der Waals surface area (Å²) >= 11 is 0. The molecule has 0 aromatic heterocycles. The Bertz CT molecular complexity index is 1310. The fourth-order valence-electron chi connectivity index (χ4n) is 5.05. The number of Topliss-reactive ketones (excluding diaryl/α,β-unsaturated/α-hetero) is 1. The third-order valence-corrected chi connectivity index (χ3v) is 7.43. The predicted octanol–water partition coefficient (Wildman–Crippen LogP) is 4.61. The van der Waals surface area contributed by atoms with Gasteiger partial charge in [0.15, 0.2) is 18.3 Å². The summed E-state index contributed by atoms with van der Waals surface area (Å²) in [5.74, 6) is -2.51. The molecule has 0 spiro atoms. The van der Waals surface area contributed by atoms with Crippen molar-refractivity contribution in [3.8, 4) is 0 Å². The Balaban J connectivity index is 1.72. The zero-order chi connectivity index (χ0) is 33.1. The summed E-state index contributed by atoms with van der Waals surface area (Å²) in [7, 11) is 0. The summed E-state index contributed by atoms with van der Waals surface area (Å²) in [6.07, 6.45) is -5.67. The second-order valence-electron chi connectivity index (χ2n) is 11.2. The lowest BCUT2D eigenvalue weighted by Crippen LogP contribution is -2.62. The van der Waals surface area contributed by atoms with Crippen molar-refractivity contribution in [1.82, 2.24) is 5.48 Å². The molecule has 1 aliphatic rings. The number of esters is 3. The van der Waals surface area contributed by atoms with Gasteiger partial charge in [-0.15, -0.1) is 0 Å². The fourth-order valence-corrected chi connectivity index (χ4v) is 5.05. The Kier molecular flexibility index (Phi) is 13.2. The van der Waals surface area contributed by atoms with Crippen LogP contribution in [0.2, 0.25) is 0 Å². The van der Waals surface area contributed by atoms with Gasteiger partial charge in [-0.3, -0.25) is 24.0 Å². The van der Waals surface area contributed by atoms with E-state index in [4.69, 9.17) is 23.8 Å². The van der Waals surface area contributed by atoms with Crippen molar-refractivity contribution in [3.63, 3.8) is 0 Å². The van der Waals surface area contributed by atoms with Crippen molar-refractivity contribution in [3.05, 3.63) is 71.3 Å². The third kappa shape index (κ3) is 9.70. The molecule has 244 valence electrons. The van der Waals surface area contributed by atoms with Crippen molar-refractivity contribution in [2.45, 2.75) is 104 Å². The summed E-state index contributed by atoms with van der Waals surface area (Å²) in [4.78, 5) is 68.6. The molecular weight excluding hydrogens is 582 g/mol. The minimum absolute atomic E-state index is 0.00287. The second kappa shape index (κ2) is 16.8. The first-order chi connectivity index (χ1) is 21.5. The molecule has 11 heteroatoms. The number of carbonyl (C=O) groups excluding carboxylic acids is 5. The van der Waals surface area contributed by atoms with E-state index in [1.807, 2.05) is 44.2 Å². The van der Waals surface area contributed by atoms with Crippen molar-refractivity contribution >= 4 is 29.6 Å². The minimum Gasteiger partial charge on any atom is -0.455 e. The summed E-state index contributed by atoms with van der Waals surface area (Å²) in [6, 6.07) is 16.2. The maximum absolute atomic E-state index is 13.2. The van der Waals surface area contributed by atoms with Gasteiger partial charge in [0.1, 0.15) is 5.78 Å². The number of ketones is 1. The molecular formula is C34H43NO10. The van der Waals surface area contributed by atoms with Crippen LogP contribution < -0.4 is 5.48 Å². The number of hydroxylamine groups is 1. The van der Waals surface area contributed by atoms with Crippen LogP contribution in [0.1, 0.15) is 88.2 Å². The van der Waals surface area contributed by atoms with E-state index in [-0.39, 0.29) is 48.9 Å². The van der Waals surface area contributed by atoms with Crippen LogP contribution in [0.5, 0.6) is 0 Å². The number of hydrogen-bond donors (Lipinski definition) is 1. The average molecular weight is 626 g/mol. The topological polar surface area (TPSA) is 144 Å². The lowest BCUT2D eigenvalue weighted by atomic mass is 9.83. The zero-order valence-electron chi connectivity index (χ0n) is 26.6. The van der Waals surface area contributed by atoms with Gasteiger partial charge < -0.3 is 18.9 Å². The van der Waals surface area contributed by atoms with Crippen molar-refractivity contribution in [2.75, 3.05) is 0 Å². The normalized spacial score (nSPS) is 21.8. The van der Waals surface area contributed by atoms with Gasteiger partial charge in [0, 0.05) is 37.2 Å². The summed E-state index contributed by atoms with van der Waals surface area (Å²) in [6.45, 7) is 10.4. The van der Waals surface area contributed by atoms with Crippen LogP contribution in [0.25, 0.3) is 0 Å². The molecule has 3 rings (SSSR count). The standard InChI is InChI=1S/C34H43NO10/c1-7-26(37)42-30-21(6)41-34(32(44-28(39)9-3)31(30)43-27(38)8-2)45-35-33(40)24-17-15-22(16-18-24)19-25(36)29(20(4)5)23-13-11-10-12-14-23/h10-18,20-21,29-32,34H,7-9,19H2,1-6H3,(H,35,40)/t21-,29-,30+,31+,32-,34-/m0/s1. The molecule has 1 N–H and O–H groups in total. The lowest BCUT2D eigenvalue weighted by Gasteiger charge is -2.43. The Morgan fingerprint density at radius 3 is 1.82 bits per heavy atom. The van der Waals surface area contributed by atoms with Crippen LogP contribution in [0.3, 0.4) is 0 Å². The van der Waals surface area contributed by atoms with Crippen molar-refractivity contribution in [1.29, 1.82) is 0 Å². The van der Waals surface area contributed by atoms with Crippen LogP contribution in [-0.2, 0) is 49.4 Å².